The fourth-order valence-corrected chi connectivity index (χ4v) is 4.80. The first-order chi connectivity index (χ1) is 12.2. The quantitative estimate of drug-likeness (QED) is 0.142. The number of unbranched alkanes of at least 4 members (excludes halogenated alkanes) is 10. The molecule has 0 aliphatic carbocycles. The number of carbonyl (C=O) groups is 1. The van der Waals surface area contributed by atoms with Crippen LogP contribution in [0, 0.1) is 0 Å². The Hall–Kier alpha value is 0.260. The van der Waals surface area contributed by atoms with Crippen LogP contribution >= 0.6 is 35.7 Å². The van der Waals surface area contributed by atoms with E-state index in [9.17, 15) is 4.79 Å². The number of rotatable bonds is 17. The number of thiocarbonyl (C=S) groups is 1. The van der Waals surface area contributed by atoms with Gasteiger partial charge in [0.05, 0.1) is 6.61 Å². The second kappa shape index (κ2) is 20.6. The van der Waals surface area contributed by atoms with Crippen LogP contribution < -0.4 is 0 Å². The van der Waals surface area contributed by atoms with Crippen LogP contribution in [0.4, 0.5) is 0 Å². The lowest BCUT2D eigenvalue weighted by molar-refractivity contribution is -0.143. The summed E-state index contributed by atoms with van der Waals surface area (Å²) in [6.07, 6.45) is 16.3. The maximum atomic E-state index is 11.0. The van der Waals surface area contributed by atoms with Gasteiger partial charge in [0, 0.05) is 6.42 Å². The van der Waals surface area contributed by atoms with Gasteiger partial charge in [-0.1, -0.05) is 83.9 Å². The maximum absolute atomic E-state index is 11.0. The molecule has 0 rings (SSSR count). The summed E-state index contributed by atoms with van der Waals surface area (Å²) in [6, 6.07) is 0. The zero-order valence-electron chi connectivity index (χ0n) is 16.4. The Kier molecular flexibility index (Phi) is 20.8. The van der Waals surface area contributed by atoms with Crippen molar-refractivity contribution in [3.8, 4) is 0 Å². The minimum Gasteiger partial charge on any atom is -0.466 e. The van der Waals surface area contributed by atoms with Gasteiger partial charge in [0.25, 0.3) is 0 Å². The Morgan fingerprint density at radius 2 is 1.24 bits per heavy atom. The summed E-state index contributed by atoms with van der Waals surface area (Å²) in [5.74, 6) is 2.10. The van der Waals surface area contributed by atoms with E-state index >= 15 is 0 Å². The second-order valence-corrected chi connectivity index (χ2v) is 9.80. The smallest absolute Gasteiger partial charge is 0.305 e. The van der Waals surface area contributed by atoms with Crippen LogP contribution in [0.25, 0.3) is 0 Å². The molecule has 0 heterocycles. The number of ether oxygens (including phenoxy) is 1. The highest BCUT2D eigenvalue weighted by molar-refractivity contribution is 8.47. The fourth-order valence-electron chi connectivity index (χ4n) is 2.43. The molecule has 148 valence electrons. The lowest BCUT2D eigenvalue weighted by Crippen LogP contribution is -2.04. The molecule has 25 heavy (non-hydrogen) atoms. The highest BCUT2D eigenvalue weighted by Crippen LogP contribution is 2.20. The van der Waals surface area contributed by atoms with Crippen LogP contribution in [0.15, 0.2) is 0 Å². The van der Waals surface area contributed by atoms with Gasteiger partial charge >= 0.3 is 5.97 Å². The summed E-state index contributed by atoms with van der Waals surface area (Å²) in [6.45, 7) is 4.64. The van der Waals surface area contributed by atoms with Crippen molar-refractivity contribution in [1.29, 1.82) is 0 Å². The lowest BCUT2D eigenvalue weighted by Gasteiger charge is -2.05. The summed E-state index contributed by atoms with van der Waals surface area (Å²) >= 11 is 9.01. The molecule has 5 heteroatoms. The average Bonchev–Trinajstić information content (AvgIpc) is 2.62. The van der Waals surface area contributed by atoms with E-state index in [1.165, 1.54) is 64.2 Å². The largest absolute Gasteiger partial charge is 0.466 e. The van der Waals surface area contributed by atoms with Crippen LogP contribution in [-0.4, -0.2) is 27.6 Å². The van der Waals surface area contributed by atoms with E-state index in [2.05, 4.69) is 6.92 Å². The molecule has 0 amide bonds. The molecule has 0 bridgehead atoms. The molecule has 0 aromatic carbocycles. The van der Waals surface area contributed by atoms with Gasteiger partial charge in [-0.15, -0.1) is 23.5 Å². The minimum absolute atomic E-state index is 0.102. The van der Waals surface area contributed by atoms with Crippen LogP contribution in [0.1, 0.15) is 97.3 Å². The molecule has 0 N–H and O–H groups in total. The zero-order valence-corrected chi connectivity index (χ0v) is 18.8. The van der Waals surface area contributed by atoms with E-state index < -0.39 is 0 Å². The van der Waals surface area contributed by atoms with Crippen molar-refractivity contribution >= 4 is 45.2 Å². The summed E-state index contributed by atoms with van der Waals surface area (Å²) in [5, 5.41) is 0. The van der Waals surface area contributed by atoms with Crippen molar-refractivity contribution < 1.29 is 9.53 Å². The SMILES string of the molecule is CCCCCCCCCCCCSC(=S)SCCCCOC(=O)CC. The third-order valence-corrected chi connectivity index (χ3v) is 6.90. The van der Waals surface area contributed by atoms with Crippen molar-refractivity contribution in [3.05, 3.63) is 0 Å². The number of hydrogen-bond donors (Lipinski definition) is 0. The van der Waals surface area contributed by atoms with Gasteiger partial charge in [0.15, 0.2) is 0 Å². The van der Waals surface area contributed by atoms with E-state index in [-0.39, 0.29) is 5.97 Å². The van der Waals surface area contributed by atoms with Crippen molar-refractivity contribution in [3.63, 3.8) is 0 Å². The molecule has 0 unspecified atom stereocenters. The van der Waals surface area contributed by atoms with Crippen molar-refractivity contribution in [1.82, 2.24) is 0 Å². The Morgan fingerprint density at radius 1 is 0.760 bits per heavy atom. The number of esters is 1. The predicted molar refractivity (Wildman–Crippen MR) is 120 cm³/mol. The summed E-state index contributed by atoms with van der Waals surface area (Å²) in [7, 11) is 0. The Labute approximate surface area is 170 Å². The number of thioether (sulfide) groups is 2. The van der Waals surface area contributed by atoms with E-state index in [0.717, 1.165) is 27.9 Å². The molecule has 0 fully saturated rings. The normalized spacial score (nSPS) is 10.8. The summed E-state index contributed by atoms with van der Waals surface area (Å²) < 4.78 is 6.13. The highest BCUT2D eigenvalue weighted by Gasteiger charge is 2.01. The van der Waals surface area contributed by atoms with Gasteiger partial charge in [-0.2, -0.15) is 0 Å². The van der Waals surface area contributed by atoms with E-state index in [1.54, 1.807) is 11.8 Å². The Balaban J connectivity index is 3.19. The van der Waals surface area contributed by atoms with Gasteiger partial charge < -0.3 is 4.74 Å². The standard InChI is InChI=1S/C20H38O2S3/c1-3-5-6-7-8-9-10-11-12-14-17-24-20(23)25-18-15-13-16-22-19(21)4-2/h3-18H2,1-2H3. The molecule has 2 nitrogen and oxygen atoms in total. The maximum Gasteiger partial charge on any atom is 0.305 e. The molecule has 0 saturated heterocycles. The van der Waals surface area contributed by atoms with Crippen LogP contribution in [-0.2, 0) is 9.53 Å². The summed E-state index contributed by atoms with van der Waals surface area (Å²) in [4.78, 5) is 11.0. The fraction of sp³-hybridized carbons (Fsp3) is 0.900. The van der Waals surface area contributed by atoms with Crippen molar-refractivity contribution in [2.45, 2.75) is 97.3 Å². The monoisotopic (exact) mass is 406 g/mol. The topological polar surface area (TPSA) is 26.3 Å². The number of hydrogen-bond acceptors (Lipinski definition) is 5. The van der Waals surface area contributed by atoms with Gasteiger partial charge in [-0.05, 0) is 30.8 Å². The number of carbonyl (C=O) groups excluding carboxylic acids is 1. The van der Waals surface area contributed by atoms with E-state index in [1.807, 2.05) is 18.7 Å². The van der Waals surface area contributed by atoms with Crippen LogP contribution in [0.5, 0.6) is 0 Å². The molecule has 0 aliphatic rings. The first-order valence-electron chi connectivity index (χ1n) is 10.2. The average molecular weight is 407 g/mol. The molecule has 0 saturated carbocycles. The van der Waals surface area contributed by atoms with Crippen LogP contribution in [0.2, 0.25) is 0 Å². The molecule has 0 aromatic rings. The molecule has 0 atom stereocenters. The Morgan fingerprint density at radius 3 is 1.76 bits per heavy atom. The molecule has 0 aromatic heterocycles. The third-order valence-electron chi connectivity index (χ3n) is 4.03. The van der Waals surface area contributed by atoms with Gasteiger partial charge in [0.2, 0.25) is 0 Å². The van der Waals surface area contributed by atoms with Gasteiger partial charge in [-0.25, -0.2) is 0 Å². The molecule has 0 radical (unpaired) electrons. The molecule has 0 aliphatic heterocycles. The van der Waals surface area contributed by atoms with E-state index in [4.69, 9.17) is 17.0 Å². The summed E-state index contributed by atoms with van der Waals surface area (Å²) in [5.41, 5.74) is 0. The van der Waals surface area contributed by atoms with Crippen molar-refractivity contribution in [2.75, 3.05) is 18.1 Å². The minimum atomic E-state index is -0.102. The zero-order chi connectivity index (χ0) is 18.6. The lowest BCUT2D eigenvalue weighted by atomic mass is 10.1. The first-order valence-corrected chi connectivity index (χ1v) is 12.5. The Bertz CT molecular complexity index is 322. The molecule has 0 spiro atoms. The van der Waals surface area contributed by atoms with Crippen molar-refractivity contribution in [2.24, 2.45) is 0 Å². The predicted octanol–water partition coefficient (Wildman–Crippen LogP) is 7.39. The third kappa shape index (κ3) is 20.4. The first kappa shape index (κ1) is 25.3. The van der Waals surface area contributed by atoms with Gasteiger partial charge in [-0.3, -0.25) is 4.79 Å². The molecular formula is C20H38O2S3. The van der Waals surface area contributed by atoms with E-state index in [0.29, 0.717) is 13.0 Å². The molecular weight excluding hydrogens is 368 g/mol. The highest BCUT2D eigenvalue weighted by atomic mass is 32.2. The van der Waals surface area contributed by atoms with Crippen LogP contribution in [0.3, 0.4) is 0 Å². The van der Waals surface area contributed by atoms with Gasteiger partial charge in [0.1, 0.15) is 3.53 Å². The second-order valence-electron chi connectivity index (χ2n) is 6.41.